The van der Waals surface area contributed by atoms with Gasteiger partial charge in [0.25, 0.3) is 0 Å². The molecule has 186 valence electrons. The Labute approximate surface area is 233 Å². The SMILES string of the molecule is c1ccc(-c2nc3ccccc3c3c2ccc2c4cc(-c5ccc6c(c5)sc5ccccc56)ccc4oc23)cc1. The van der Waals surface area contributed by atoms with Crippen molar-refractivity contribution in [1.82, 2.24) is 4.98 Å². The molecule has 0 aliphatic rings. The molecule has 40 heavy (non-hydrogen) atoms. The molecule has 3 heterocycles. The summed E-state index contributed by atoms with van der Waals surface area (Å²) in [5, 5.41) is 8.24. The van der Waals surface area contributed by atoms with E-state index in [0.717, 1.165) is 54.9 Å². The zero-order valence-electron chi connectivity index (χ0n) is 21.4. The van der Waals surface area contributed by atoms with Crippen LogP contribution in [0.15, 0.2) is 132 Å². The van der Waals surface area contributed by atoms with Crippen molar-refractivity contribution in [1.29, 1.82) is 0 Å². The van der Waals surface area contributed by atoms with Crippen LogP contribution in [0.5, 0.6) is 0 Å². The lowest BCUT2D eigenvalue weighted by molar-refractivity contribution is 0.673. The number of pyridine rings is 1. The van der Waals surface area contributed by atoms with Crippen molar-refractivity contribution in [2.24, 2.45) is 0 Å². The summed E-state index contributed by atoms with van der Waals surface area (Å²) in [6.45, 7) is 0. The van der Waals surface area contributed by atoms with E-state index in [1.807, 2.05) is 23.5 Å². The molecule has 0 spiro atoms. The zero-order valence-corrected chi connectivity index (χ0v) is 22.2. The molecule has 0 unspecified atom stereocenters. The number of rotatable bonds is 2. The molecule has 0 saturated carbocycles. The maximum atomic E-state index is 6.64. The average Bonchev–Trinajstić information content (AvgIpc) is 3.58. The monoisotopic (exact) mass is 527 g/mol. The average molecular weight is 528 g/mol. The molecule has 2 nitrogen and oxygen atoms in total. The topological polar surface area (TPSA) is 26.0 Å². The van der Waals surface area contributed by atoms with Gasteiger partial charge in [-0.3, -0.25) is 0 Å². The molecule has 3 heteroatoms. The molecule has 0 N–H and O–H groups in total. The fourth-order valence-electron chi connectivity index (χ4n) is 6.17. The van der Waals surface area contributed by atoms with E-state index in [1.54, 1.807) is 0 Å². The van der Waals surface area contributed by atoms with E-state index in [0.29, 0.717) is 0 Å². The van der Waals surface area contributed by atoms with E-state index in [4.69, 9.17) is 9.40 Å². The quantitative estimate of drug-likeness (QED) is 0.209. The highest BCUT2D eigenvalue weighted by Crippen LogP contribution is 2.42. The Morgan fingerprint density at radius 2 is 1.18 bits per heavy atom. The Kier molecular flexibility index (Phi) is 4.52. The van der Waals surface area contributed by atoms with Crippen molar-refractivity contribution in [3.8, 4) is 22.4 Å². The van der Waals surface area contributed by atoms with Crippen LogP contribution in [0.1, 0.15) is 0 Å². The fourth-order valence-corrected chi connectivity index (χ4v) is 7.31. The number of furan rings is 1. The van der Waals surface area contributed by atoms with E-state index in [-0.39, 0.29) is 0 Å². The minimum Gasteiger partial charge on any atom is -0.455 e. The Balaban J connectivity index is 1.30. The third-order valence-corrected chi connectivity index (χ3v) is 9.19. The summed E-state index contributed by atoms with van der Waals surface area (Å²) in [4.78, 5) is 5.09. The largest absolute Gasteiger partial charge is 0.455 e. The molecule has 0 saturated heterocycles. The first kappa shape index (κ1) is 21.9. The second kappa shape index (κ2) is 8.25. The highest BCUT2D eigenvalue weighted by Gasteiger charge is 2.17. The lowest BCUT2D eigenvalue weighted by Crippen LogP contribution is -1.89. The van der Waals surface area contributed by atoms with Crippen molar-refractivity contribution in [2.75, 3.05) is 0 Å². The van der Waals surface area contributed by atoms with Gasteiger partial charge < -0.3 is 4.42 Å². The normalized spacial score (nSPS) is 12.0. The van der Waals surface area contributed by atoms with Crippen LogP contribution in [0.2, 0.25) is 0 Å². The van der Waals surface area contributed by atoms with Gasteiger partial charge in [0.15, 0.2) is 0 Å². The smallest absolute Gasteiger partial charge is 0.144 e. The zero-order chi connectivity index (χ0) is 26.2. The highest BCUT2D eigenvalue weighted by atomic mass is 32.1. The van der Waals surface area contributed by atoms with Gasteiger partial charge in [-0.25, -0.2) is 4.98 Å². The summed E-state index contributed by atoms with van der Waals surface area (Å²) in [5.41, 5.74) is 7.29. The fraction of sp³-hybridized carbons (Fsp3) is 0. The summed E-state index contributed by atoms with van der Waals surface area (Å²) in [6.07, 6.45) is 0. The van der Waals surface area contributed by atoms with Gasteiger partial charge >= 0.3 is 0 Å². The van der Waals surface area contributed by atoms with Gasteiger partial charge in [-0.05, 0) is 47.5 Å². The van der Waals surface area contributed by atoms with E-state index >= 15 is 0 Å². The van der Waals surface area contributed by atoms with E-state index in [2.05, 4.69) is 115 Å². The van der Waals surface area contributed by atoms with Gasteiger partial charge in [0.05, 0.1) is 11.2 Å². The summed E-state index contributed by atoms with van der Waals surface area (Å²) < 4.78 is 9.28. The molecule has 0 amide bonds. The Morgan fingerprint density at radius 1 is 0.475 bits per heavy atom. The predicted molar refractivity (Wildman–Crippen MR) is 170 cm³/mol. The molecule has 0 atom stereocenters. The number of fused-ring (bicyclic) bond motifs is 10. The van der Waals surface area contributed by atoms with Crippen LogP contribution >= 0.6 is 11.3 Å². The third-order valence-electron chi connectivity index (χ3n) is 8.06. The van der Waals surface area contributed by atoms with Gasteiger partial charge in [-0.2, -0.15) is 0 Å². The number of thiophene rings is 1. The maximum absolute atomic E-state index is 6.64. The van der Waals surface area contributed by atoms with Gasteiger partial charge in [0.2, 0.25) is 0 Å². The Morgan fingerprint density at radius 3 is 2.10 bits per heavy atom. The molecule has 6 aromatic carbocycles. The number of hydrogen-bond acceptors (Lipinski definition) is 3. The van der Waals surface area contributed by atoms with Crippen LogP contribution < -0.4 is 0 Å². The van der Waals surface area contributed by atoms with Crippen molar-refractivity contribution in [3.63, 3.8) is 0 Å². The van der Waals surface area contributed by atoms with Gasteiger partial charge in [-0.15, -0.1) is 11.3 Å². The maximum Gasteiger partial charge on any atom is 0.144 e. The van der Waals surface area contributed by atoms with Crippen molar-refractivity contribution in [3.05, 3.63) is 127 Å². The van der Waals surface area contributed by atoms with Crippen molar-refractivity contribution in [2.45, 2.75) is 0 Å². The summed E-state index contributed by atoms with van der Waals surface area (Å²) in [6, 6.07) is 45.3. The van der Waals surface area contributed by atoms with Crippen LogP contribution in [-0.4, -0.2) is 4.98 Å². The van der Waals surface area contributed by atoms with Crippen LogP contribution in [0.25, 0.3) is 86.2 Å². The number of nitrogens with zero attached hydrogens (tertiary/aromatic N) is 1. The lowest BCUT2D eigenvalue weighted by Gasteiger charge is -2.10. The lowest BCUT2D eigenvalue weighted by atomic mass is 9.97. The Hall–Kier alpha value is -4.99. The Bertz CT molecular complexity index is 2430. The van der Waals surface area contributed by atoms with Gasteiger partial charge in [-0.1, -0.05) is 91.0 Å². The minimum absolute atomic E-state index is 0.899. The summed E-state index contributed by atoms with van der Waals surface area (Å²) in [7, 11) is 0. The van der Waals surface area contributed by atoms with E-state index in [1.165, 1.54) is 31.3 Å². The second-order valence-corrected chi connectivity index (χ2v) is 11.4. The number of hydrogen-bond donors (Lipinski definition) is 0. The first-order chi connectivity index (χ1) is 19.8. The predicted octanol–water partition coefficient (Wildman–Crippen LogP) is 11.0. The molecule has 0 aliphatic carbocycles. The highest BCUT2D eigenvalue weighted by molar-refractivity contribution is 7.25. The van der Waals surface area contributed by atoms with Crippen LogP contribution in [0, 0.1) is 0 Å². The van der Waals surface area contributed by atoms with E-state index < -0.39 is 0 Å². The molecule has 0 fully saturated rings. The first-order valence-corrected chi connectivity index (χ1v) is 14.3. The summed E-state index contributed by atoms with van der Waals surface area (Å²) >= 11 is 1.86. The van der Waals surface area contributed by atoms with Crippen LogP contribution in [-0.2, 0) is 0 Å². The molecule has 9 aromatic rings. The minimum atomic E-state index is 0.899. The number of para-hydroxylation sites is 1. The molecule has 9 rings (SSSR count). The van der Waals surface area contributed by atoms with Gasteiger partial charge in [0, 0.05) is 52.7 Å². The third kappa shape index (κ3) is 3.13. The molecular formula is C37H21NOS. The number of benzene rings is 6. The van der Waals surface area contributed by atoms with Crippen LogP contribution in [0.4, 0.5) is 0 Å². The second-order valence-electron chi connectivity index (χ2n) is 10.3. The van der Waals surface area contributed by atoms with Crippen molar-refractivity contribution < 1.29 is 4.42 Å². The van der Waals surface area contributed by atoms with Crippen LogP contribution in [0.3, 0.4) is 0 Å². The van der Waals surface area contributed by atoms with Gasteiger partial charge in [0.1, 0.15) is 11.2 Å². The molecule has 0 bridgehead atoms. The van der Waals surface area contributed by atoms with Crippen molar-refractivity contribution >= 4 is 75.1 Å². The number of aromatic nitrogens is 1. The molecule has 3 aromatic heterocycles. The van der Waals surface area contributed by atoms with E-state index in [9.17, 15) is 0 Å². The summed E-state index contributed by atoms with van der Waals surface area (Å²) in [5.74, 6) is 0. The standard InChI is InChI=1S/C37H21NOS/c1-2-8-22(9-3-1)36-29-18-17-27-30-20-23(24-14-16-26-25-10-5-7-13-33(25)40-34(26)21-24)15-19-32(30)39-37(27)35(29)28-11-4-6-12-31(28)38-36/h1-21H. The molecular weight excluding hydrogens is 506 g/mol. The molecule has 0 radical (unpaired) electrons. The first-order valence-electron chi connectivity index (χ1n) is 13.5. The molecule has 0 aliphatic heterocycles.